The monoisotopic (exact) mass is 436 g/mol. The van der Waals surface area contributed by atoms with Crippen molar-refractivity contribution in [3.63, 3.8) is 0 Å². The van der Waals surface area contributed by atoms with Crippen molar-refractivity contribution in [3.05, 3.63) is 60.6 Å². The Labute approximate surface area is 182 Å². The number of aromatic nitrogens is 3. The second-order valence-electron chi connectivity index (χ2n) is 8.44. The average molecular weight is 437 g/mol. The van der Waals surface area contributed by atoms with Crippen LogP contribution in [0, 0.1) is 24.7 Å². The molecule has 2 aliphatic rings. The highest BCUT2D eigenvalue weighted by Gasteiger charge is 2.56. The summed E-state index contributed by atoms with van der Waals surface area (Å²) in [7, 11) is -3.20. The Hall–Kier alpha value is -3.00. The lowest BCUT2D eigenvalue weighted by Gasteiger charge is -2.19. The van der Waals surface area contributed by atoms with Gasteiger partial charge in [0, 0.05) is 43.2 Å². The van der Waals surface area contributed by atoms with Crippen molar-refractivity contribution in [1.29, 1.82) is 0 Å². The summed E-state index contributed by atoms with van der Waals surface area (Å²) >= 11 is 0. The minimum Gasteiger partial charge on any atom is -0.492 e. The predicted octanol–water partition coefficient (Wildman–Crippen LogP) is 3.01. The zero-order valence-electron chi connectivity index (χ0n) is 17.5. The molecule has 31 heavy (non-hydrogen) atoms. The second-order valence-corrected chi connectivity index (χ2v) is 10.5. The maximum Gasteiger partial charge on any atom is 0.225 e. The van der Waals surface area contributed by atoms with E-state index in [0.717, 1.165) is 41.6 Å². The van der Waals surface area contributed by atoms with Gasteiger partial charge in [-0.15, -0.1) is 0 Å². The number of rotatable bonds is 6. The molecule has 0 N–H and O–H groups in total. The number of fused-ring (bicyclic) bond motifs is 1. The summed E-state index contributed by atoms with van der Waals surface area (Å²) < 4.78 is 29.2. The largest absolute Gasteiger partial charge is 0.492 e. The van der Waals surface area contributed by atoms with Crippen molar-refractivity contribution in [2.75, 3.05) is 30.9 Å². The molecule has 8 heteroatoms. The van der Waals surface area contributed by atoms with Crippen LogP contribution in [0.3, 0.4) is 0 Å². The third-order valence-electron chi connectivity index (χ3n) is 6.18. The quantitative estimate of drug-likeness (QED) is 0.587. The van der Waals surface area contributed by atoms with Gasteiger partial charge in [0.1, 0.15) is 5.75 Å². The highest BCUT2D eigenvalue weighted by Crippen LogP contribution is 2.52. The molecule has 3 heterocycles. The summed E-state index contributed by atoms with van der Waals surface area (Å²) in [5.74, 6) is 3.43. The smallest absolute Gasteiger partial charge is 0.225 e. The number of nitrogens with zero attached hydrogens (tertiary/aromatic N) is 4. The number of sulfone groups is 1. The fourth-order valence-electron chi connectivity index (χ4n) is 4.31. The molecule has 5 rings (SSSR count). The van der Waals surface area contributed by atoms with Crippen LogP contribution in [0.1, 0.15) is 5.56 Å². The van der Waals surface area contributed by atoms with Crippen molar-refractivity contribution in [1.82, 2.24) is 15.0 Å². The number of anilines is 1. The van der Waals surface area contributed by atoms with E-state index in [1.165, 1.54) is 6.26 Å². The molecule has 7 nitrogen and oxygen atoms in total. The van der Waals surface area contributed by atoms with Gasteiger partial charge < -0.3 is 9.64 Å². The topological polar surface area (TPSA) is 85.3 Å². The standard InChI is InChI=1S/C23H24N4O3S/c1-15-9-25-23(26-10-15)27-12-19-20(13-27)21(19)14-30-17-5-8-22(24-11-17)16-3-6-18(7-4-16)31(2,28)29/h3-11,19-21H,12-14H2,1-2H3/t19-,20+,21?. The number of hydrogen-bond acceptors (Lipinski definition) is 7. The Kier molecular flexibility index (Phi) is 4.89. The van der Waals surface area contributed by atoms with Crippen LogP contribution in [0.4, 0.5) is 5.95 Å². The van der Waals surface area contributed by atoms with Crippen molar-refractivity contribution in [2.24, 2.45) is 17.8 Å². The summed E-state index contributed by atoms with van der Waals surface area (Å²) in [6.07, 6.45) is 6.66. The Balaban J connectivity index is 1.14. The van der Waals surface area contributed by atoms with Crippen LogP contribution in [-0.4, -0.2) is 49.3 Å². The molecule has 1 unspecified atom stereocenters. The van der Waals surface area contributed by atoms with Crippen molar-refractivity contribution in [2.45, 2.75) is 11.8 Å². The molecule has 3 atom stereocenters. The molecule has 2 aromatic heterocycles. The van der Waals surface area contributed by atoms with Crippen LogP contribution < -0.4 is 9.64 Å². The van der Waals surface area contributed by atoms with Crippen molar-refractivity contribution in [3.8, 4) is 17.0 Å². The van der Waals surface area contributed by atoms with E-state index >= 15 is 0 Å². The van der Waals surface area contributed by atoms with E-state index in [2.05, 4.69) is 19.9 Å². The first kappa shape index (κ1) is 19.9. The lowest BCUT2D eigenvalue weighted by molar-refractivity contribution is 0.282. The van der Waals surface area contributed by atoms with Crippen LogP contribution in [0.15, 0.2) is 59.9 Å². The molecule has 0 amide bonds. The highest BCUT2D eigenvalue weighted by atomic mass is 32.2. The first-order valence-electron chi connectivity index (χ1n) is 10.3. The zero-order chi connectivity index (χ0) is 21.6. The average Bonchev–Trinajstić information content (AvgIpc) is 3.21. The molecule has 1 aliphatic heterocycles. The van der Waals surface area contributed by atoms with Gasteiger partial charge in [0.2, 0.25) is 5.95 Å². The molecule has 160 valence electrons. The molecule has 1 aromatic carbocycles. The third kappa shape index (κ3) is 4.12. The normalized spacial score (nSPS) is 22.3. The maximum atomic E-state index is 11.6. The minimum absolute atomic E-state index is 0.304. The fraction of sp³-hybridized carbons (Fsp3) is 0.348. The second kappa shape index (κ2) is 7.60. The summed E-state index contributed by atoms with van der Waals surface area (Å²) in [5, 5.41) is 0. The number of piperidine rings is 1. The highest BCUT2D eigenvalue weighted by molar-refractivity contribution is 7.90. The molecule has 2 fully saturated rings. The Morgan fingerprint density at radius 1 is 0.968 bits per heavy atom. The van der Waals surface area contributed by atoms with E-state index < -0.39 is 9.84 Å². The summed E-state index contributed by atoms with van der Waals surface area (Å²) in [4.78, 5) is 15.9. The van der Waals surface area contributed by atoms with E-state index in [0.29, 0.717) is 29.3 Å². The third-order valence-corrected chi connectivity index (χ3v) is 7.31. The summed E-state index contributed by atoms with van der Waals surface area (Å²) in [6.45, 7) is 4.67. The molecule has 3 aromatic rings. The number of aryl methyl sites for hydroxylation is 1. The fourth-order valence-corrected chi connectivity index (χ4v) is 4.94. The number of hydrogen-bond donors (Lipinski definition) is 0. The van der Waals surface area contributed by atoms with Gasteiger partial charge in [-0.3, -0.25) is 4.98 Å². The lowest BCUT2D eigenvalue weighted by atomic mass is 10.1. The van der Waals surface area contributed by atoms with Crippen LogP contribution >= 0.6 is 0 Å². The van der Waals surface area contributed by atoms with E-state index in [1.807, 2.05) is 31.5 Å². The lowest BCUT2D eigenvalue weighted by Crippen LogP contribution is -2.27. The number of benzene rings is 1. The summed E-state index contributed by atoms with van der Waals surface area (Å²) in [5.41, 5.74) is 2.73. The first-order valence-corrected chi connectivity index (χ1v) is 12.2. The first-order chi connectivity index (χ1) is 14.9. The SMILES string of the molecule is Cc1cnc(N2C[C@@H]3C(COc4ccc(-c5ccc(S(C)(=O)=O)cc5)nc4)[C@@H]3C2)nc1. The number of pyridine rings is 1. The molecule has 1 saturated carbocycles. The molecule has 0 spiro atoms. The van der Waals surface area contributed by atoms with E-state index in [9.17, 15) is 8.42 Å². The van der Waals surface area contributed by atoms with Crippen molar-refractivity contribution < 1.29 is 13.2 Å². The van der Waals surface area contributed by atoms with Gasteiger partial charge >= 0.3 is 0 Å². The van der Waals surface area contributed by atoms with Crippen LogP contribution in [-0.2, 0) is 9.84 Å². The van der Waals surface area contributed by atoms with Crippen molar-refractivity contribution >= 4 is 15.8 Å². The predicted molar refractivity (Wildman–Crippen MR) is 118 cm³/mol. The van der Waals surface area contributed by atoms with Crippen LogP contribution in [0.5, 0.6) is 5.75 Å². The Morgan fingerprint density at radius 2 is 1.65 bits per heavy atom. The molecular formula is C23H24N4O3S. The van der Waals surface area contributed by atoms with Gasteiger partial charge in [0.05, 0.1) is 23.4 Å². The molecule has 0 bridgehead atoms. The molecular weight excluding hydrogens is 412 g/mol. The van der Waals surface area contributed by atoms with Gasteiger partial charge in [-0.05, 0) is 48.6 Å². The number of ether oxygens (including phenoxy) is 1. The van der Waals surface area contributed by atoms with Crippen LogP contribution in [0.2, 0.25) is 0 Å². The maximum absolute atomic E-state index is 11.6. The summed E-state index contributed by atoms with van der Waals surface area (Å²) in [6, 6.07) is 10.6. The van der Waals surface area contributed by atoms with E-state index in [4.69, 9.17) is 4.74 Å². The van der Waals surface area contributed by atoms with Gasteiger partial charge in [0.25, 0.3) is 0 Å². The van der Waals surface area contributed by atoms with Crippen LogP contribution in [0.25, 0.3) is 11.3 Å². The molecule has 1 saturated heterocycles. The van der Waals surface area contributed by atoms with Gasteiger partial charge in [-0.2, -0.15) is 0 Å². The van der Waals surface area contributed by atoms with Gasteiger partial charge in [-0.25, -0.2) is 18.4 Å². The van der Waals surface area contributed by atoms with Gasteiger partial charge in [0.15, 0.2) is 9.84 Å². The van der Waals surface area contributed by atoms with E-state index in [-0.39, 0.29) is 0 Å². The van der Waals surface area contributed by atoms with E-state index in [1.54, 1.807) is 30.5 Å². The zero-order valence-corrected chi connectivity index (χ0v) is 18.3. The van der Waals surface area contributed by atoms with Gasteiger partial charge in [-0.1, -0.05) is 12.1 Å². The molecule has 1 aliphatic carbocycles. The Morgan fingerprint density at radius 3 is 2.23 bits per heavy atom. The minimum atomic E-state index is -3.20. The molecule has 0 radical (unpaired) electrons. The Bertz CT molecular complexity index is 1170.